The molecule has 86 valence electrons. The van der Waals surface area contributed by atoms with Crippen LogP contribution in [0, 0.1) is 11.3 Å². The van der Waals surface area contributed by atoms with Gasteiger partial charge in [0.15, 0.2) is 0 Å². The molecule has 16 heavy (non-hydrogen) atoms. The van der Waals surface area contributed by atoms with E-state index in [-0.39, 0.29) is 6.04 Å². The normalized spacial score (nSPS) is 11.9. The van der Waals surface area contributed by atoms with Gasteiger partial charge in [-0.05, 0) is 26.0 Å². The highest BCUT2D eigenvalue weighted by Crippen LogP contribution is 2.15. The summed E-state index contributed by atoms with van der Waals surface area (Å²) in [5, 5.41) is 8.57. The number of hydrogen-bond donors (Lipinski definition) is 1. The Morgan fingerprint density at radius 1 is 1.56 bits per heavy atom. The fourth-order valence-corrected chi connectivity index (χ4v) is 1.51. The minimum absolute atomic E-state index is 0.0387. The second kappa shape index (κ2) is 6.09. The zero-order chi connectivity index (χ0) is 12.0. The summed E-state index contributed by atoms with van der Waals surface area (Å²) < 4.78 is 0. The highest BCUT2D eigenvalue weighted by molar-refractivity contribution is 5.44. The van der Waals surface area contributed by atoms with E-state index in [2.05, 4.69) is 22.9 Å². The van der Waals surface area contributed by atoms with Gasteiger partial charge in [0.1, 0.15) is 0 Å². The Kier molecular flexibility index (Phi) is 4.74. The smallest absolute Gasteiger partial charge is 0.0640 e. The maximum atomic E-state index is 8.57. The number of anilines is 1. The first-order valence-electron chi connectivity index (χ1n) is 5.52. The molecule has 0 aliphatic carbocycles. The minimum atomic E-state index is -0.0387. The SMILES string of the molecule is CCN(CCC#N)c1ccc([C@H](C)N)nc1. The Hall–Kier alpha value is -1.60. The van der Waals surface area contributed by atoms with Crippen molar-refractivity contribution in [1.82, 2.24) is 4.98 Å². The van der Waals surface area contributed by atoms with Crippen molar-refractivity contribution >= 4 is 5.69 Å². The Balaban J connectivity index is 2.75. The maximum absolute atomic E-state index is 8.57. The molecule has 0 saturated carbocycles. The first-order chi connectivity index (χ1) is 7.69. The monoisotopic (exact) mass is 218 g/mol. The number of aromatic nitrogens is 1. The quantitative estimate of drug-likeness (QED) is 0.819. The lowest BCUT2D eigenvalue weighted by atomic mass is 10.2. The molecule has 0 bridgehead atoms. The highest BCUT2D eigenvalue weighted by Gasteiger charge is 2.05. The van der Waals surface area contributed by atoms with Crippen LogP contribution in [-0.2, 0) is 0 Å². The van der Waals surface area contributed by atoms with E-state index in [1.54, 1.807) is 0 Å². The summed E-state index contributed by atoms with van der Waals surface area (Å²) in [5.74, 6) is 0. The fraction of sp³-hybridized carbons (Fsp3) is 0.500. The van der Waals surface area contributed by atoms with Crippen LogP contribution in [0.25, 0.3) is 0 Å². The fourth-order valence-electron chi connectivity index (χ4n) is 1.51. The van der Waals surface area contributed by atoms with E-state index in [0.29, 0.717) is 6.42 Å². The predicted octanol–water partition coefficient (Wildman–Crippen LogP) is 1.84. The van der Waals surface area contributed by atoms with Crippen molar-refractivity contribution in [3.05, 3.63) is 24.0 Å². The summed E-state index contributed by atoms with van der Waals surface area (Å²) in [5.41, 5.74) is 7.67. The van der Waals surface area contributed by atoms with Gasteiger partial charge in [-0.2, -0.15) is 5.26 Å². The van der Waals surface area contributed by atoms with Crippen LogP contribution in [0.1, 0.15) is 32.0 Å². The van der Waals surface area contributed by atoms with Gasteiger partial charge in [0.25, 0.3) is 0 Å². The molecule has 0 unspecified atom stereocenters. The molecule has 1 atom stereocenters. The Morgan fingerprint density at radius 3 is 2.75 bits per heavy atom. The van der Waals surface area contributed by atoms with E-state index < -0.39 is 0 Å². The molecule has 0 fully saturated rings. The van der Waals surface area contributed by atoms with Crippen molar-refractivity contribution in [3.63, 3.8) is 0 Å². The number of nitriles is 1. The van der Waals surface area contributed by atoms with Gasteiger partial charge >= 0.3 is 0 Å². The van der Waals surface area contributed by atoms with E-state index in [1.165, 1.54) is 0 Å². The molecule has 4 heteroatoms. The van der Waals surface area contributed by atoms with Crippen molar-refractivity contribution in [2.75, 3.05) is 18.0 Å². The largest absolute Gasteiger partial charge is 0.370 e. The summed E-state index contributed by atoms with van der Waals surface area (Å²) in [7, 11) is 0. The summed E-state index contributed by atoms with van der Waals surface area (Å²) in [6, 6.07) is 6.06. The first-order valence-corrected chi connectivity index (χ1v) is 5.52. The van der Waals surface area contributed by atoms with E-state index >= 15 is 0 Å². The molecule has 4 nitrogen and oxygen atoms in total. The van der Waals surface area contributed by atoms with E-state index in [4.69, 9.17) is 11.0 Å². The average Bonchev–Trinajstić information content (AvgIpc) is 2.30. The molecular weight excluding hydrogens is 200 g/mol. The van der Waals surface area contributed by atoms with Gasteiger partial charge in [-0.3, -0.25) is 4.98 Å². The Labute approximate surface area is 96.7 Å². The molecule has 0 radical (unpaired) electrons. The number of nitrogens with zero attached hydrogens (tertiary/aromatic N) is 3. The lowest BCUT2D eigenvalue weighted by molar-refractivity contribution is 0.774. The number of rotatable bonds is 5. The Morgan fingerprint density at radius 2 is 2.31 bits per heavy atom. The molecule has 0 aliphatic heterocycles. The molecule has 1 aromatic rings. The van der Waals surface area contributed by atoms with Crippen molar-refractivity contribution in [3.8, 4) is 6.07 Å². The van der Waals surface area contributed by atoms with Crippen LogP contribution in [-0.4, -0.2) is 18.1 Å². The molecule has 0 saturated heterocycles. The zero-order valence-electron chi connectivity index (χ0n) is 9.85. The van der Waals surface area contributed by atoms with Crippen LogP contribution >= 0.6 is 0 Å². The molecule has 0 aromatic carbocycles. The van der Waals surface area contributed by atoms with Crippen molar-refractivity contribution in [1.29, 1.82) is 5.26 Å². The Bertz CT molecular complexity index is 350. The third-order valence-corrected chi connectivity index (χ3v) is 2.48. The lowest BCUT2D eigenvalue weighted by Crippen LogP contribution is -2.23. The van der Waals surface area contributed by atoms with Gasteiger partial charge in [0.05, 0.1) is 30.1 Å². The van der Waals surface area contributed by atoms with Gasteiger partial charge in [-0.1, -0.05) is 0 Å². The van der Waals surface area contributed by atoms with Gasteiger partial charge < -0.3 is 10.6 Å². The second-order valence-electron chi connectivity index (χ2n) is 3.72. The summed E-state index contributed by atoms with van der Waals surface area (Å²) in [6.07, 6.45) is 2.35. The zero-order valence-corrected chi connectivity index (χ0v) is 9.85. The van der Waals surface area contributed by atoms with Gasteiger partial charge in [0.2, 0.25) is 0 Å². The standard InChI is InChI=1S/C12H18N4/c1-3-16(8-4-7-13)11-5-6-12(10(2)14)15-9-11/h5-6,9-10H,3-4,8,14H2,1-2H3/t10-/m0/s1. The van der Waals surface area contributed by atoms with Crippen molar-refractivity contribution < 1.29 is 0 Å². The third kappa shape index (κ3) is 3.21. The molecule has 1 aromatic heterocycles. The van der Waals surface area contributed by atoms with Crippen LogP contribution < -0.4 is 10.6 Å². The number of nitrogens with two attached hydrogens (primary N) is 1. The number of hydrogen-bond acceptors (Lipinski definition) is 4. The third-order valence-electron chi connectivity index (χ3n) is 2.48. The van der Waals surface area contributed by atoms with Crippen molar-refractivity contribution in [2.24, 2.45) is 5.73 Å². The van der Waals surface area contributed by atoms with Gasteiger partial charge in [-0.15, -0.1) is 0 Å². The van der Waals surface area contributed by atoms with Crippen LogP contribution in [0.5, 0.6) is 0 Å². The van der Waals surface area contributed by atoms with Crippen molar-refractivity contribution in [2.45, 2.75) is 26.3 Å². The van der Waals surface area contributed by atoms with Crippen LogP contribution in [0.2, 0.25) is 0 Å². The molecule has 0 amide bonds. The summed E-state index contributed by atoms with van der Waals surface area (Å²) in [4.78, 5) is 6.43. The highest BCUT2D eigenvalue weighted by atomic mass is 15.1. The molecule has 1 rings (SSSR count). The topological polar surface area (TPSA) is 65.9 Å². The molecule has 0 aliphatic rings. The van der Waals surface area contributed by atoms with E-state index in [1.807, 2.05) is 25.3 Å². The minimum Gasteiger partial charge on any atom is -0.370 e. The summed E-state index contributed by atoms with van der Waals surface area (Å²) >= 11 is 0. The maximum Gasteiger partial charge on any atom is 0.0640 e. The molecular formula is C12H18N4. The summed E-state index contributed by atoms with van der Waals surface area (Å²) in [6.45, 7) is 5.60. The van der Waals surface area contributed by atoms with Gasteiger partial charge in [-0.25, -0.2) is 0 Å². The molecule has 2 N–H and O–H groups in total. The van der Waals surface area contributed by atoms with Gasteiger partial charge in [0, 0.05) is 19.1 Å². The molecule has 0 spiro atoms. The number of pyridine rings is 1. The van der Waals surface area contributed by atoms with Crippen LogP contribution in [0.3, 0.4) is 0 Å². The average molecular weight is 218 g/mol. The first kappa shape index (κ1) is 12.5. The van der Waals surface area contributed by atoms with E-state index in [0.717, 1.165) is 24.5 Å². The van der Waals surface area contributed by atoms with E-state index in [9.17, 15) is 0 Å². The molecule has 1 heterocycles. The lowest BCUT2D eigenvalue weighted by Gasteiger charge is -2.21. The van der Waals surface area contributed by atoms with Crippen LogP contribution in [0.15, 0.2) is 18.3 Å². The second-order valence-corrected chi connectivity index (χ2v) is 3.72. The van der Waals surface area contributed by atoms with Crippen LogP contribution in [0.4, 0.5) is 5.69 Å². The predicted molar refractivity (Wildman–Crippen MR) is 65.0 cm³/mol.